The zero-order chi connectivity index (χ0) is 18.8. The lowest BCUT2D eigenvalue weighted by Crippen LogP contribution is -2.28. The second-order valence-corrected chi connectivity index (χ2v) is 10.8. The second kappa shape index (κ2) is 7.77. The Bertz CT molecular complexity index is 623. The average Bonchev–Trinajstić information content (AvgIpc) is 2.77. The van der Waals surface area contributed by atoms with Gasteiger partial charge in [0.05, 0.1) is 5.41 Å². The van der Waals surface area contributed by atoms with Crippen LogP contribution in [0.5, 0.6) is 0 Å². The van der Waals surface area contributed by atoms with Gasteiger partial charge in [-0.3, -0.25) is 4.79 Å². The van der Waals surface area contributed by atoms with Crippen LogP contribution in [0.25, 0.3) is 0 Å². The lowest BCUT2D eigenvalue weighted by Gasteiger charge is -2.24. The number of aliphatic carboxylic acids is 1. The van der Waals surface area contributed by atoms with Gasteiger partial charge in [-0.15, -0.1) is 11.8 Å². The fourth-order valence-electron chi connectivity index (χ4n) is 3.57. The molecule has 142 valence electrons. The van der Waals surface area contributed by atoms with Crippen molar-refractivity contribution < 1.29 is 9.90 Å². The van der Waals surface area contributed by atoms with Crippen molar-refractivity contribution in [1.29, 1.82) is 0 Å². The number of hydrogen-bond donors (Lipinski definition) is 1. The van der Waals surface area contributed by atoms with Crippen molar-refractivity contribution in [2.45, 2.75) is 103 Å². The van der Waals surface area contributed by atoms with Crippen molar-refractivity contribution in [1.82, 2.24) is 4.57 Å². The molecule has 0 atom stereocenters. The Morgan fingerprint density at radius 3 is 2.36 bits per heavy atom. The molecule has 1 aliphatic rings. The molecule has 1 heterocycles. The predicted molar refractivity (Wildman–Crippen MR) is 107 cm³/mol. The van der Waals surface area contributed by atoms with E-state index in [4.69, 9.17) is 0 Å². The lowest BCUT2D eigenvalue weighted by molar-refractivity contribution is -0.146. The Labute approximate surface area is 157 Å². The van der Waals surface area contributed by atoms with Crippen LogP contribution in [0, 0.1) is 5.41 Å². The fourth-order valence-corrected chi connectivity index (χ4v) is 4.83. The van der Waals surface area contributed by atoms with Crippen LogP contribution in [-0.2, 0) is 30.6 Å². The first-order chi connectivity index (χ1) is 11.6. The van der Waals surface area contributed by atoms with Crippen LogP contribution in [0.15, 0.2) is 4.90 Å². The molecule has 0 saturated carbocycles. The number of nitrogens with zero attached hydrogens (tertiary/aromatic N) is 1. The standard InChI is InChI=1S/C21H35NO2S/c1-7-8-13-22-16-12-10-9-11-15(16)18(25-20(2,3)4)17(22)14-21(5,6)19(23)24/h7-14H2,1-6H3,(H,23,24). The average molecular weight is 366 g/mol. The molecular weight excluding hydrogens is 330 g/mol. The summed E-state index contributed by atoms with van der Waals surface area (Å²) in [6.07, 6.45) is 7.72. The van der Waals surface area contributed by atoms with E-state index in [0.29, 0.717) is 6.42 Å². The van der Waals surface area contributed by atoms with Crippen molar-refractivity contribution in [2.75, 3.05) is 0 Å². The van der Waals surface area contributed by atoms with E-state index in [0.717, 1.165) is 32.2 Å². The van der Waals surface area contributed by atoms with E-state index in [9.17, 15) is 9.90 Å². The molecule has 0 saturated heterocycles. The maximum absolute atomic E-state index is 11.8. The Morgan fingerprint density at radius 2 is 1.80 bits per heavy atom. The Hall–Kier alpha value is -0.900. The molecular formula is C21H35NO2S. The Balaban J connectivity index is 2.57. The van der Waals surface area contributed by atoms with Gasteiger partial charge in [-0.2, -0.15) is 0 Å². The van der Waals surface area contributed by atoms with Gasteiger partial charge in [0.1, 0.15) is 0 Å². The maximum Gasteiger partial charge on any atom is 0.309 e. The molecule has 0 fully saturated rings. The van der Waals surface area contributed by atoms with Crippen LogP contribution in [-0.4, -0.2) is 20.4 Å². The van der Waals surface area contributed by atoms with Gasteiger partial charge >= 0.3 is 5.97 Å². The van der Waals surface area contributed by atoms with E-state index in [-0.39, 0.29) is 4.75 Å². The van der Waals surface area contributed by atoms with Crippen molar-refractivity contribution in [3.8, 4) is 0 Å². The quantitative estimate of drug-likeness (QED) is 0.629. The molecule has 1 N–H and O–H groups in total. The van der Waals surface area contributed by atoms with Crippen molar-refractivity contribution in [3.63, 3.8) is 0 Å². The number of carboxylic acids is 1. The van der Waals surface area contributed by atoms with Crippen LogP contribution in [0.4, 0.5) is 0 Å². The number of hydrogen-bond acceptors (Lipinski definition) is 2. The number of thioether (sulfide) groups is 1. The SMILES string of the molecule is CCCCn1c2c(c(SC(C)(C)C)c1CC(C)(C)C(=O)O)CCCC2. The molecule has 0 aromatic carbocycles. The first-order valence-corrected chi connectivity index (χ1v) is 10.5. The molecule has 25 heavy (non-hydrogen) atoms. The van der Waals surface area contributed by atoms with Gasteiger partial charge < -0.3 is 9.67 Å². The second-order valence-electron chi connectivity index (χ2n) is 8.99. The Morgan fingerprint density at radius 1 is 1.16 bits per heavy atom. The third-order valence-electron chi connectivity index (χ3n) is 4.96. The van der Waals surface area contributed by atoms with E-state index in [2.05, 4.69) is 32.3 Å². The minimum Gasteiger partial charge on any atom is -0.481 e. The van der Waals surface area contributed by atoms with Gasteiger partial charge in [0.15, 0.2) is 0 Å². The molecule has 0 bridgehead atoms. The third kappa shape index (κ3) is 4.84. The number of carboxylic acid groups (broad SMARTS) is 1. The van der Waals surface area contributed by atoms with Crippen LogP contribution in [0.3, 0.4) is 0 Å². The number of aromatic nitrogens is 1. The van der Waals surface area contributed by atoms with E-state index in [1.54, 1.807) is 0 Å². The number of unbranched alkanes of at least 4 members (excludes halogenated alkanes) is 1. The summed E-state index contributed by atoms with van der Waals surface area (Å²) < 4.78 is 2.63. The van der Waals surface area contributed by atoms with Gasteiger partial charge in [-0.1, -0.05) is 34.1 Å². The summed E-state index contributed by atoms with van der Waals surface area (Å²) in [5.74, 6) is -0.708. The van der Waals surface area contributed by atoms with Gasteiger partial charge in [0, 0.05) is 34.0 Å². The summed E-state index contributed by atoms with van der Waals surface area (Å²) in [6, 6.07) is 0. The number of fused-ring (bicyclic) bond motifs is 1. The fraction of sp³-hybridized carbons (Fsp3) is 0.762. The molecule has 1 aromatic rings. The monoisotopic (exact) mass is 365 g/mol. The first kappa shape index (κ1) is 20.4. The normalized spacial score (nSPS) is 15.3. The summed E-state index contributed by atoms with van der Waals surface area (Å²) >= 11 is 1.93. The molecule has 0 spiro atoms. The van der Waals surface area contributed by atoms with E-state index in [1.165, 1.54) is 34.7 Å². The highest BCUT2D eigenvalue weighted by molar-refractivity contribution is 8.00. The molecule has 1 aliphatic carbocycles. The molecule has 1 aromatic heterocycles. The van der Waals surface area contributed by atoms with Crippen molar-refractivity contribution in [3.05, 3.63) is 17.0 Å². The number of rotatable bonds is 7. The highest BCUT2D eigenvalue weighted by atomic mass is 32.2. The van der Waals surface area contributed by atoms with Crippen LogP contribution < -0.4 is 0 Å². The van der Waals surface area contributed by atoms with Gasteiger partial charge in [-0.05, 0) is 51.5 Å². The van der Waals surface area contributed by atoms with Gasteiger partial charge in [0.25, 0.3) is 0 Å². The smallest absolute Gasteiger partial charge is 0.309 e. The Kier molecular flexibility index (Phi) is 6.35. The van der Waals surface area contributed by atoms with Crippen LogP contribution >= 0.6 is 11.8 Å². The molecule has 0 amide bonds. The zero-order valence-electron chi connectivity index (χ0n) is 16.9. The summed E-state index contributed by atoms with van der Waals surface area (Å²) in [7, 11) is 0. The molecule has 4 heteroatoms. The van der Waals surface area contributed by atoms with Gasteiger partial charge in [0.2, 0.25) is 0 Å². The van der Waals surface area contributed by atoms with E-state index < -0.39 is 11.4 Å². The summed E-state index contributed by atoms with van der Waals surface area (Å²) in [4.78, 5) is 13.2. The molecule has 0 radical (unpaired) electrons. The first-order valence-electron chi connectivity index (χ1n) is 9.72. The molecule has 0 aliphatic heterocycles. The number of carbonyl (C=O) groups is 1. The third-order valence-corrected chi connectivity index (χ3v) is 6.26. The van der Waals surface area contributed by atoms with Crippen molar-refractivity contribution in [2.24, 2.45) is 5.41 Å². The predicted octanol–water partition coefficient (Wildman–Crippen LogP) is 5.71. The molecule has 2 rings (SSSR count). The molecule has 3 nitrogen and oxygen atoms in total. The molecule has 0 unspecified atom stereocenters. The zero-order valence-corrected chi connectivity index (χ0v) is 17.7. The van der Waals surface area contributed by atoms with Crippen LogP contribution in [0.2, 0.25) is 0 Å². The van der Waals surface area contributed by atoms with Gasteiger partial charge in [-0.25, -0.2) is 0 Å². The topological polar surface area (TPSA) is 42.2 Å². The van der Waals surface area contributed by atoms with Crippen LogP contribution in [0.1, 0.15) is 84.2 Å². The van der Waals surface area contributed by atoms with E-state index >= 15 is 0 Å². The summed E-state index contributed by atoms with van der Waals surface area (Å²) in [6.45, 7) is 13.7. The minimum absolute atomic E-state index is 0.129. The minimum atomic E-state index is -0.738. The summed E-state index contributed by atoms with van der Waals surface area (Å²) in [5.41, 5.74) is 3.53. The lowest BCUT2D eigenvalue weighted by atomic mass is 9.87. The van der Waals surface area contributed by atoms with Crippen molar-refractivity contribution >= 4 is 17.7 Å². The highest BCUT2D eigenvalue weighted by Crippen LogP contribution is 2.44. The largest absolute Gasteiger partial charge is 0.481 e. The summed E-state index contributed by atoms with van der Waals surface area (Å²) in [5, 5.41) is 9.68. The van der Waals surface area contributed by atoms with E-state index in [1.807, 2.05) is 25.6 Å². The highest BCUT2D eigenvalue weighted by Gasteiger charge is 2.34. The maximum atomic E-state index is 11.8.